The van der Waals surface area contributed by atoms with Gasteiger partial charge in [0.05, 0.1) is 6.54 Å². The van der Waals surface area contributed by atoms with Crippen LogP contribution in [0.2, 0.25) is 0 Å². The van der Waals surface area contributed by atoms with Crippen LogP contribution in [0.1, 0.15) is 26.7 Å². The third-order valence-electron chi connectivity index (χ3n) is 2.02. The number of nitrogens with zero attached hydrogens (tertiary/aromatic N) is 2. The molecular formula is C10H23N3O2. The molecule has 90 valence electrons. The van der Waals surface area contributed by atoms with E-state index >= 15 is 0 Å². The number of rotatable bonds is 9. The predicted octanol–water partition coefficient (Wildman–Crippen LogP) is 0.871. The molecule has 0 aromatic rings. The van der Waals surface area contributed by atoms with Crippen molar-refractivity contribution in [2.45, 2.75) is 26.7 Å². The summed E-state index contributed by atoms with van der Waals surface area (Å²) < 4.78 is 5.26. The zero-order chi connectivity index (χ0) is 11.5. The molecule has 0 aliphatic rings. The van der Waals surface area contributed by atoms with E-state index in [2.05, 4.69) is 17.0 Å². The topological polar surface area (TPSA) is 71.1 Å². The third kappa shape index (κ3) is 8.20. The molecule has 0 spiro atoms. The van der Waals surface area contributed by atoms with Crippen LogP contribution in [-0.2, 0) is 4.74 Å². The van der Waals surface area contributed by atoms with Crippen molar-refractivity contribution in [1.82, 2.24) is 4.90 Å². The molecule has 0 heterocycles. The fourth-order valence-corrected chi connectivity index (χ4v) is 1.38. The SMILES string of the molecule is CCCN(CCCOCC)CC(N)=NO. The molecule has 0 aromatic carbocycles. The zero-order valence-electron chi connectivity index (χ0n) is 9.78. The van der Waals surface area contributed by atoms with Gasteiger partial charge in [0.15, 0.2) is 5.84 Å². The molecule has 0 aliphatic heterocycles. The monoisotopic (exact) mass is 217 g/mol. The molecule has 0 bridgehead atoms. The minimum absolute atomic E-state index is 0.264. The van der Waals surface area contributed by atoms with Gasteiger partial charge in [-0.25, -0.2) is 0 Å². The molecule has 3 N–H and O–H groups in total. The molecule has 0 fully saturated rings. The smallest absolute Gasteiger partial charge is 0.153 e. The highest BCUT2D eigenvalue weighted by molar-refractivity contribution is 5.81. The van der Waals surface area contributed by atoms with E-state index in [9.17, 15) is 0 Å². The van der Waals surface area contributed by atoms with Crippen LogP contribution in [-0.4, -0.2) is 48.8 Å². The quantitative estimate of drug-likeness (QED) is 0.198. The Bertz CT molecular complexity index is 174. The van der Waals surface area contributed by atoms with Gasteiger partial charge in [-0.1, -0.05) is 12.1 Å². The van der Waals surface area contributed by atoms with Crippen molar-refractivity contribution in [3.05, 3.63) is 0 Å². The van der Waals surface area contributed by atoms with Crippen LogP contribution >= 0.6 is 0 Å². The first kappa shape index (κ1) is 14.2. The highest BCUT2D eigenvalue weighted by atomic mass is 16.5. The van der Waals surface area contributed by atoms with Crippen LogP contribution in [0.5, 0.6) is 0 Å². The van der Waals surface area contributed by atoms with Crippen LogP contribution in [0.3, 0.4) is 0 Å². The Morgan fingerprint density at radius 1 is 1.40 bits per heavy atom. The largest absolute Gasteiger partial charge is 0.409 e. The van der Waals surface area contributed by atoms with Gasteiger partial charge in [-0.3, -0.25) is 4.90 Å². The Labute approximate surface area is 91.9 Å². The molecule has 0 saturated carbocycles. The Kier molecular flexibility index (Phi) is 9.21. The Hall–Kier alpha value is -0.810. The van der Waals surface area contributed by atoms with Crippen molar-refractivity contribution in [2.75, 3.05) is 32.8 Å². The van der Waals surface area contributed by atoms with E-state index in [0.29, 0.717) is 6.54 Å². The summed E-state index contributed by atoms with van der Waals surface area (Å²) in [6.07, 6.45) is 2.04. The van der Waals surface area contributed by atoms with Gasteiger partial charge < -0.3 is 15.7 Å². The summed E-state index contributed by atoms with van der Waals surface area (Å²) in [5, 5.41) is 11.4. The summed E-state index contributed by atoms with van der Waals surface area (Å²) in [4.78, 5) is 2.16. The number of hydrogen-bond acceptors (Lipinski definition) is 4. The molecular weight excluding hydrogens is 194 g/mol. The van der Waals surface area contributed by atoms with Crippen molar-refractivity contribution < 1.29 is 9.94 Å². The molecule has 0 radical (unpaired) electrons. The lowest BCUT2D eigenvalue weighted by Gasteiger charge is -2.20. The molecule has 5 heteroatoms. The molecule has 0 unspecified atom stereocenters. The number of nitrogens with two attached hydrogens (primary N) is 1. The minimum Gasteiger partial charge on any atom is -0.409 e. The van der Waals surface area contributed by atoms with Gasteiger partial charge in [0.25, 0.3) is 0 Å². The van der Waals surface area contributed by atoms with Crippen LogP contribution < -0.4 is 5.73 Å². The lowest BCUT2D eigenvalue weighted by atomic mass is 10.3. The van der Waals surface area contributed by atoms with Crippen LogP contribution in [0, 0.1) is 0 Å². The third-order valence-corrected chi connectivity index (χ3v) is 2.02. The number of amidine groups is 1. The van der Waals surface area contributed by atoms with E-state index in [1.807, 2.05) is 6.92 Å². The number of oxime groups is 1. The summed E-state index contributed by atoms with van der Waals surface area (Å²) in [5.41, 5.74) is 5.46. The lowest BCUT2D eigenvalue weighted by Crippen LogP contribution is -2.35. The van der Waals surface area contributed by atoms with E-state index in [-0.39, 0.29) is 5.84 Å². The van der Waals surface area contributed by atoms with Crippen molar-refractivity contribution >= 4 is 5.84 Å². The first-order valence-electron chi connectivity index (χ1n) is 5.51. The maximum Gasteiger partial charge on any atom is 0.153 e. The molecule has 0 aliphatic carbocycles. The highest BCUT2D eigenvalue weighted by Crippen LogP contribution is 1.94. The maximum atomic E-state index is 8.47. The van der Waals surface area contributed by atoms with Gasteiger partial charge in [0.1, 0.15) is 0 Å². The van der Waals surface area contributed by atoms with E-state index in [1.165, 1.54) is 0 Å². The minimum atomic E-state index is 0.264. The van der Waals surface area contributed by atoms with Gasteiger partial charge in [-0.05, 0) is 26.3 Å². The van der Waals surface area contributed by atoms with Crippen molar-refractivity contribution in [1.29, 1.82) is 0 Å². The fraction of sp³-hybridized carbons (Fsp3) is 0.900. The van der Waals surface area contributed by atoms with E-state index in [0.717, 1.165) is 39.1 Å². The van der Waals surface area contributed by atoms with Gasteiger partial charge in [0, 0.05) is 19.8 Å². The van der Waals surface area contributed by atoms with Gasteiger partial charge in [-0.15, -0.1) is 0 Å². The summed E-state index contributed by atoms with van der Waals surface area (Å²) in [7, 11) is 0. The molecule has 0 atom stereocenters. The Morgan fingerprint density at radius 3 is 2.67 bits per heavy atom. The molecule has 0 rings (SSSR count). The van der Waals surface area contributed by atoms with Gasteiger partial charge in [0.2, 0.25) is 0 Å². The first-order chi connectivity index (χ1) is 7.24. The number of ether oxygens (including phenoxy) is 1. The maximum absolute atomic E-state index is 8.47. The van der Waals surface area contributed by atoms with Crippen LogP contribution in [0.25, 0.3) is 0 Å². The highest BCUT2D eigenvalue weighted by Gasteiger charge is 2.05. The molecule has 5 nitrogen and oxygen atoms in total. The van der Waals surface area contributed by atoms with E-state index < -0.39 is 0 Å². The average molecular weight is 217 g/mol. The summed E-state index contributed by atoms with van der Waals surface area (Å²) >= 11 is 0. The molecule has 0 saturated heterocycles. The van der Waals surface area contributed by atoms with Crippen molar-refractivity contribution in [3.63, 3.8) is 0 Å². The van der Waals surface area contributed by atoms with Crippen molar-refractivity contribution in [2.24, 2.45) is 10.9 Å². The van der Waals surface area contributed by atoms with E-state index in [4.69, 9.17) is 15.7 Å². The average Bonchev–Trinajstić information content (AvgIpc) is 2.24. The first-order valence-corrected chi connectivity index (χ1v) is 5.51. The summed E-state index contributed by atoms with van der Waals surface area (Å²) in [6.45, 7) is 8.03. The standard InChI is InChI=1S/C10H23N3O2/c1-3-6-13(9-10(11)12-14)7-5-8-15-4-2/h14H,3-9H2,1-2H3,(H2,11,12). The summed E-state index contributed by atoms with van der Waals surface area (Å²) in [6, 6.07) is 0. The zero-order valence-corrected chi connectivity index (χ0v) is 9.78. The second-order valence-electron chi connectivity index (χ2n) is 3.42. The predicted molar refractivity (Wildman–Crippen MR) is 61.2 cm³/mol. The van der Waals surface area contributed by atoms with Crippen LogP contribution in [0.4, 0.5) is 0 Å². The Balaban J connectivity index is 3.72. The van der Waals surface area contributed by atoms with Crippen molar-refractivity contribution in [3.8, 4) is 0 Å². The summed E-state index contributed by atoms with van der Waals surface area (Å²) in [5.74, 6) is 0.264. The fourth-order valence-electron chi connectivity index (χ4n) is 1.38. The molecule has 15 heavy (non-hydrogen) atoms. The van der Waals surface area contributed by atoms with Crippen LogP contribution in [0.15, 0.2) is 5.16 Å². The second kappa shape index (κ2) is 9.73. The molecule has 0 aromatic heterocycles. The van der Waals surface area contributed by atoms with E-state index in [1.54, 1.807) is 0 Å². The van der Waals surface area contributed by atoms with Gasteiger partial charge >= 0.3 is 0 Å². The lowest BCUT2D eigenvalue weighted by molar-refractivity contribution is 0.134. The van der Waals surface area contributed by atoms with Gasteiger partial charge in [-0.2, -0.15) is 0 Å². The second-order valence-corrected chi connectivity index (χ2v) is 3.42. The Morgan fingerprint density at radius 2 is 2.13 bits per heavy atom. The number of hydrogen-bond donors (Lipinski definition) is 2. The molecule has 0 amide bonds. The normalized spacial score (nSPS) is 12.3.